The van der Waals surface area contributed by atoms with E-state index in [-0.39, 0.29) is 19.3 Å². The van der Waals surface area contributed by atoms with Gasteiger partial charge < -0.3 is 9.47 Å². The fourth-order valence-electron chi connectivity index (χ4n) is 1.73. The first kappa shape index (κ1) is 22.6. The van der Waals surface area contributed by atoms with Crippen LogP contribution >= 0.6 is 104 Å². The Morgan fingerprint density at radius 1 is 0.864 bits per heavy atom. The number of halogens is 9. The predicted octanol–water partition coefficient (Wildman–Crippen LogP) is 6.81. The molecule has 1 heterocycles. The molecule has 0 N–H and O–H groups in total. The predicted molar refractivity (Wildman–Crippen MR) is 97.8 cm³/mol. The molecule has 2 nitrogen and oxygen atoms in total. The molecule has 1 aliphatic rings. The molecule has 0 radical (unpaired) electrons. The average Bonchev–Trinajstić information content (AvgIpc) is 2.38. The Balaban J connectivity index is 2.66. The summed E-state index contributed by atoms with van der Waals surface area (Å²) in [5.41, 5.74) is 0. The lowest BCUT2D eigenvalue weighted by atomic mass is 10.1. The molecule has 1 rings (SSSR count). The minimum absolute atomic E-state index is 0.00902. The minimum Gasteiger partial charge on any atom is -0.353 e. The molecule has 0 aromatic heterocycles. The molecule has 0 aromatic rings. The fraction of sp³-hybridized carbons (Fsp3) is 1.00. The third-order valence-electron chi connectivity index (χ3n) is 3.07. The highest BCUT2D eigenvalue weighted by Crippen LogP contribution is 2.63. The maximum absolute atomic E-state index is 6.17. The summed E-state index contributed by atoms with van der Waals surface area (Å²) in [6.45, 7) is 0.759. The Kier molecular flexibility index (Phi) is 8.70. The normalized spacial score (nSPS) is 22.0. The first-order chi connectivity index (χ1) is 9.83. The topological polar surface area (TPSA) is 18.5 Å². The van der Waals surface area contributed by atoms with Crippen LogP contribution in [0.3, 0.4) is 0 Å². The highest BCUT2D eigenvalue weighted by Gasteiger charge is 2.67. The molecule has 132 valence electrons. The van der Waals surface area contributed by atoms with Crippen molar-refractivity contribution in [3.63, 3.8) is 0 Å². The maximum atomic E-state index is 6.17. The Bertz CT molecular complexity index is 361. The summed E-state index contributed by atoms with van der Waals surface area (Å²) in [4.78, 5) is 0. The number of ether oxygens (including phenoxy) is 2. The summed E-state index contributed by atoms with van der Waals surface area (Å²) in [6, 6.07) is 0. The molecule has 0 bridgehead atoms. The van der Waals surface area contributed by atoms with Crippen LogP contribution in [-0.4, -0.2) is 36.3 Å². The van der Waals surface area contributed by atoms with Crippen LogP contribution in [-0.2, 0) is 9.47 Å². The van der Waals surface area contributed by atoms with Gasteiger partial charge in [-0.1, -0.05) is 104 Å². The van der Waals surface area contributed by atoms with E-state index in [2.05, 4.69) is 0 Å². The first-order valence-corrected chi connectivity index (χ1v) is 9.66. The summed E-state index contributed by atoms with van der Waals surface area (Å²) in [5, 5.41) is 0. The zero-order chi connectivity index (χ0) is 17.2. The van der Waals surface area contributed by atoms with Crippen molar-refractivity contribution >= 4 is 104 Å². The largest absolute Gasteiger partial charge is 0.353 e. The minimum atomic E-state index is -2.27. The van der Waals surface area contributed by atoms with Gasteiger partial charge in [0.15, 0.2) is 19.3 Å². The van der Waals surface area contributed by atoms with Crippen LogP contribution in [0.4, 0.5) is 0 Å². The van der Waals surface area contributed by atoms with Crippen molar-refractivity contribution in [3.05, 3.63) is 0 Å². The van der Waals surface area contributed by atoms with Crippen molar-refractivity contribution in [2.75, 3.05) is 13.2 Å². The van der Waals surface area contributed by atoms with Gasteiger partial charge in [-0.15, -0.1) is 0 Å². The Morgan fingerprint density at radius 2 is 1.45 bits per heavy atom. The Hall–Kier alpha value is 2.53. The van der Waals surface area contributed by atoms with E-state index < -0.39 is 16.8 Å². The van der Waals surface area contributed by atoms with Crippen LogP contribution in [0.15, 0.2) is 0 Å². The van der Waals surface area contributed by atoms with Gasteiger partial charge in [0, 0.05) is 13.0 Å². The molecule has 1 aliphatic heterocycles. The van der Waals surface area contributed by atoms with Crippen LogP contribution in [0, 0.1) is 0 Å². The van der Waals surface area contributed by atoms with Gasteiger partial charge >= 0.3 is 0 Å². The average molecular weight is 496 g/mol. The molecule has 0 aliphatic carbocycles. The van der Waals surface area contributed by atoms with E-state index in [4.69, 9.17) is 114 Å². The summed E-state index contributed by atoms with van der Waals surface area (Å²) in [6.07, 6.45) is 2.49. The van der Waals surface area contributed by atoms with Gasteiger partial charge in [-0.05, 0) is 19.3 Å². The molecule has 0 saturated carbocycles. The van der Waals surface area contributed by atoms with E-state index in [0.29, 0.717) is 6.61 Å². The summed E-state index contributed by atoms with van der Waals surface area (Å²) >= 11 is 53.7. The van der Waals surface area contributed by atoms with Crippen molar-refractivity contribution in [1.29, 1.82) is 0 Å². The summed E-state index contributed by atoms with van der Waals surface area (Å²) in [5.74, 6) is 0. The zero-order valence-corrected chi connectivity index (χ0v) is 17.8. The van der Waals surface area contributed by atoms with E-state index >= 15 is 0 Å². The second kappa shape index (κ2) is 8.48. The van der Waals surface area contributed by atoms with Crippen molar-refractivity contribution in [1.82, 2.24) is 0 Å². The number of hydrogen-bond donors (Lipinski definition) is 0. The van der Waals surface area contributed by atoms with Gasteiger partial charge in [0.05, 0.1) is 6.61 Å². The molecule has 1 unspecified atom stereocenters. The van der Waals surface area contributed by atoms with Crippen molar-refractivity contribution in [3.8, 4) is 0 Å². The lowest BCUT2D eigenvalue weighted by molar-refractivity contribution is -0.163. The molecule has 11 heteroatoms. The second-order valence-electron chi connectivity index (χ2n) is 4.77. The monoisotopic (exact) mass is 492 g/mol. The van der Waals surface area contributed by atoms with Crippen molar-refractivity contribution in [2.45, 2.75) is 48.8 Å². The van der Waals surface area contributed by atoms with Crippen molar-refractivity contribution in [2.24, 2.45) is 0 Å². The highest BCUT2D eigenvalue weighted by molar-refractivity contribution is 6.80. The Labute approximate surface area is 174 Å². The Morgan fingerprint density at radius 3 is 1.91 bits per heavy atom. The molecule has 22 heavy (non-hydrogen) atoms. The van der Waals surface area contributed by atoms with E-state index in [9.17, 15) is 0 Å². The van der Waals surface area contributed by atoms with E-state index in [0.717, 1.165) is 19.3 Å². The maximum Gasteiger partial charge on any atom is 0.226 e. The lowest BCUT2D eigenvalue weighted by Gasteiger charge is -2.44. The van der Waals surface area contributed by atoms with Crippen LogP contribution in [0.1, 0.15) is 25.7 Å². The molecular weight excluding hydrogens is 483 g/mol. The van der Waals surface area contributed by atoms with Gasteiger partial charge in [-0.2, -0.15) is 0 Å². The third kappa shape index (κ3) is 5.27. The van der Waals surface area contributed by atoms with E-state index in [1.807, 2.05) is 0 Å². The van der Waals surface area contributed by atoms with Crippen LogP contribution < -0.4 is 0 Å². The molecule has 1 fully saturated rings. The van der Waals surface area contributed by atoms with E-state index in [1.54, 1.807) is 0 Å². The molecule has 0 spiro atoms. The number of alkyl halides is 9. The molecule has 1 atom stereocenters. The molecular formula is C11H13Cl9O2. The number of hydrogen-bond acceptors (Lipinski definition) is 2. The highest BCUT2D eigenvalue weighted by atomic mass is 35.6. The van der Waals surface area contributed by atoms with Crippen LogP contribution in [0.5, 0.6) is 0 Å². The van der Waals surface area contributed by atoms with Crippen molar-refractivity contribution < 1.29 is 9.47 Å². The molecule has 0 aromatic carbocycles. The summed E-state index contributed by atoms with van der Waals surface area (Å²) in [7, 11) is 0. The summed E-state index contributed by atoms with van der Waals surface area (Å²) < 4.78 is 2.42. The van der Waals surface area contributed by atoms with Gasteiger partial charge in [0.1, 0.15) is 0 Å². The first-order valence-electron chi connectivity index (χ1n) is 6.26. The standard InChI is InChI=1S/C11H13Cl9O2/c12-8(13,4-6-22-7-3-1-2-5-21-7)9(14,15)10(16,17)11(18,19)20/h7H,1-6H2. The third-order valence-corrected chi connectivity index (χ3v) is 8.56. The van der Waals surface area contributed by atoms with Gasteiger partial charge in [-0.25, -0.2) is 0 Å². The molecule has 1 saturated heterocycles. The van der Waals surface area contributed by atoms with Gasteiger partial charge in [0.25, 0.3) is 0 Å². The molecule has 0 amide bonds. The smallest absolute Gasteiger partial charge is 0.226 e. The second-order valence-corrected chi connectivity index (χ2v) is 11.2. The SMILES string of the molecule is ClC(Cl)(Cl)C(Cl)(Cl)C(Cl)(Cl)C(Cl)(Cl)CCOC1CCCCO1. The zero-order valence-electron chi connectivity index (χ0n) is 11.0. The van der Waals surface area contributed by atoms with Gasteiger partial charge in [0.2, 0.25) is 3.79 Å². The van der Waals surface area contributed by atoms with Crippen LogP contribution in [0.2, 0.25) is 0 Å². The lowest BCUT2D eigenvalue weighted by Crippen LogP contribution is -2.56. The fourth-order valence-corrected chi connectivity index (χ4v) is 3.87. The van der Waals surface area contributed by atoms with Crippen LogP contribution in [0.25, 0.3) is 0 Å². The van der Waals surface area contributed by atoms with Gasteiger partial charge in [-0.3, -0.25) is 0 Å². The quantitative estimate of drug-likeness (QED) is 0.376. The number of rotatable bonds is 6. The van der Waals surface area contributed by atoms with E-state index in [1.165, 1.54) is 0 Å².